The zero-order valence-corrected chi connectivity index (χ0v) is 13.4. The topological polar surface area (TPSA) is 67.6 Å². The third-order valence-corrected chi connectivity index (χ3v) is 4.48. The third kappa shape index (κ3) is 4.21. The molecule has 122 valence electrons. The van der Waals surface area contributed by atoms with Crippen LogP contribution in [0.1, 0.15) is 19.3 Å². The number of nitrogens with two attached hydrogens (primary N) is 1. The molecule has 0 aromatic heterocycles. The van der Waals surface area contributed by atoms with E-state index in [1.54, 1.807) is 0 Å². The molecular formula is C17H27N3O2. The number of anilines is 1. The average molecular weight is 305 g/mol. The Bertz CT molecular complexity index is 458. The van der Waals surface area contributed by atoms with Gasteiger partial charge in [0.15, 0.2) is 0 Å². The maximum atomic E-state index is 12.4. The fourth-order valence-corrected chi connectivity index (χ4v) is 2.80. The van der Waals surface area contributed by atoms with Crippen molar-refractivity contribution in [2.45, 2.75) is 19.3 Å². The van der Waals surface area contributed by atoms with E-state index in [1.165, 1.54) is 5.69 Å². The van der Waals surface area contributed by atoms with Crippen LogP contribution in [0, 0.1) is 5.41 Å². The summed E-state index contributed by atoms with van der Waals surface area (Å²) in [5.41, 5.74) is 6.61. The SMILES string of the molecule is CN(CCCNC(=O)C1(CN)CCOCC1)c1ccccc1. The zero-order chi connectivity index (χ0) is 15.8. The summed E-state index contributed by atoms with van der Waals surface area (Å²) in [6, 6.07) is 10.2. The Kier molecular flexibility index (Phi) is 6.21. The number of benzene rings is 1. The van der Waals surface area contributed by atoms with Crippen LogP contribution in [0.5, 0.6) is 0 Å². The summed E-state index contributed by atoms with van der Waals surface area (Å²) in [4.78, 5) is 14.6. The molecule has 1 aromatic rings. The fraction of sp³-hybridized carbons (Fsp3) is 0.588. The number of carbonyl (C=O) groups excluding carboxylic acids is 1. The second-order valence-corrected chi connectivity index (χ2v) is 5.96. The average Bonchev–Trinajstić information content (AvgIpc) is 2.59. The van der Waals surface area contributed by atoms with Gasteiger partial charge >= 0.3 is 0 Å². The summed E-state index contributed by atoms with van der Waals surface area (Å²) in [6.45, 7) is 3.23. The predicted octanol–water partition coefficient (Wildman–Crippen LogP) is 1.38. The van der Waals surface area contributed by atoms with Crippen LogP contribution in [0.2, 0.25) is 0 Å². The molecule has 0 aliphatic carbocycles. The van der Waals surface area contributed by atoms with Crippen molar-refractivity contribution in [3.05, 3.63) is 30.3 Å². The summed E-state index contributed by atoms with van der Waals surface area (Å²) in [5.74, 6) is 0.0839. The molecule has 1 aromatic carbocycles. The van der Waals surface area contributed by atoms with Gasteiger partial charge < -0.3 is 20.7 Å². The van der Waals surface area contributed by atoms with Gasteiger partial charge in [-0.15, -0.1) is 0 Å². The number of nitrogens with one attached hydrogen (secondary N) is 1. The molecule has 0 saturated carbocycles. The van der Waals surface area contributed by atoms with Crippen LogP contribution < -0.4 is 16.0 Å². The largest absolute Gasteiger partial charge is 0.381 e. The monoisotopic (exact) mass is 305 g/mol. The minimum absolute atomic E-state index is 0.0839. The van der Waals surface area contributed by atoms with Crippen LogP contribution in [-0.4, -0.2) is 45.8 Å². The molecular weight excluding hydrogens is 278 g/mol. The van der Waals surface area contributed by atoms with Gasteiger partial charge in [-0.1, -0.05) is 18.2 Å². The normalized spacial score (nSPS) is 17.0. The van der Waals surface area contributed by atoms with Crippen molar-refractivity contribution in [3.63, 3.8) is 0 Å². The van der Waals surface area contributed by atoms with Crippen molar-refractivity contribution in [1.29, 1.82) is 0 Å². The van der Waals surface area contributed by atoms with Gasteiger partial charge in [-0.2, -0.15) is 0 Å². The number of hydrogen-bond donors (Lipinski definition) is 2. The maximum absolute atomic E-state index is 12.4. The molecule has 1 fully saturated rings. The zero-order valence-electron chi connectivity index (χ0n) is 13.4. The Morgan fingerprint density at radius 2 is 2.00 bits per heavy atom. The minimum Gasteiger partial charge on any atom is -0.381 e. The number of ether oxygens (including phenoxy) is 1. The standard InChI is InChI=1S/C17H27N3O2/c1-20(15-6-3-2-4-7-15)11-5-10-19-16(21)17(14-18)8-12-22-13-9-17/h2-4,6-7H,5,8-14,18H2,1H3,(H,19,21). The van der Waals surface area contributed by atoms with Gasteiger partial charge in [0, 0.05) is 45.6 Å². The summed E-state index contributed by atoms with van der Waals surface area (Å²) < 4.78 is 5.34. The Balaban J connectivity index is 1.73. The molecule has 0 radical (unpaired) electrons. The first kappa shape index (κ1) is 16.8. The van der Waals surface area contributed by atoms with E-state index in [2.05, 4.69) is 29.4 Å². The molecule has 0 unspecified atom stereocenters. The van der Waals surface area contributed by atoms with Crippen molar-refractivity contribution in [1.82, 2.24) is 5.32 Å². The van der Waals surface area contributed by atoms with Gasteiger partial charge in [-0.05, 0) is 31.4 Å². The molecule has 1 heterocycles. The number of nitrogens with zero attached hydrogens (tertiary/aromatic N) is 1. The predicted molar refractivity (Wildman–Crippen MR) is 88.9 cm³/mol. The molecule has 5 heteroatoms. The van der Waals surface area contributed by atoms with Crippen molar-refractivity contribution >= 4 is 11.6 Å². The van der Waals surface area contributed by atoms with Gasteiger partial charge in [0.25, 0.3) is 0 Å². The molecule has 0 bridgehead atoms. The third-order valence-electron chi connectivity index (χ3n) is 4.48. The van der Waals surface area contributed by atoms with E-state index in [0.717, 1.165) is 25.8 Å². The first-order valence-corrected chi connectivity index (χ1v) is 8.00. The summed E-state index contributed by atoms with van der Waals surface area (Å²) in [6.07, 6.45) is 2.35. The van der Waals surface area contributed by atoms with E-state index in [4.69, 9.17) is 10.5 Å². The minimum atomic E-state index is -0.427. The quantitative estimate of drug-likeness (QED) is 0.747. The molecule has 5 nitrogen and oxygen atoms in total. The molecule has 0 spiro atoms. The van der Waals surface area contributed by atoms with Crippen LogP contribution >= 0.6 is 0 Å². The second kappa shape index (κ2) is 8.15. The number of hydrogen-bond acceptors (Lipinski definition) is 4. The lowest BCUT2D eigenvalue weighted by Gasteiger charge is -2.34. The van der Waals surface area contributed by atoms with Crippen LogP contribution in [0.3, 0.4) is 0 Å². The number of rotatable bonds is 7. The van der Waals surface area contributed by atoms with E-state index < -0.39 is 5.41 Å². The Morgan fingerprint density at radius 3 is 2.64 bits per heavy atom. The molecule has 22 heavy (non-hydrogen) atoms. The Hall–Kier alpha value is -1.59. The Morgan fingerprint density at radius 1 is 1.32 bits per heavy atom. The summed E-state index contributed by atoms with van der Waals surface area (Å²) >= 11 is 0. The molecule has 1 aliphatic heterocycles. The number of carbonyl (C=O) groups is 1. The van der Waals surface area contributed by atoms with Crippen LogP contribution in [-0.2, 0) is 9.53 Å². The summed E-state index contributed by atoms with van der Waals surface area (Å²) in [5, 5.41) is 3.05. The Labute approximate surface area is 132 Å². The molecule has 2 rings (SSSR count). The molecule has 3 N–H and O–H groups in total. The number of amides is 1. The van der Waals surface area contributed by atoms with E-state index in [-0.39, 0.29) is 5.91 Å². The molecule has 1 amide bonds. The van der Waals surface area contributed by atoms with Crippen LogP contribution in [0.4, 0.5) is 5.69 Å². The van der Waals surface area contributed by atoms with Crippen LogP contribution in [0.25, 0.3) is 0 Å². The van der Waals surface area contributed by atoms with Crippen molar-refractivity contribution in [2.75, 3.05) is 44.8 Å². The van der Waals surface area contributed by atoms with E-state index in [0.29, 0.717) is 26.3 Å². The lowest BCUT2D eigenvalue weighted by Crippen LogP contribution is -2.49. The van der Waals surface area contributed by atoms with Crippen molar-refractivity contribution < 1.29 is 9.53 Å². The van der Waals surface area contributed by atoms with Gasteiger partial charge in [0.1, 0.15) is 0 Å². The van der Waals surface area contributed by atoms with Gasteiger partial charge in [0.2, 0.25) is 5.91 Å². The highest BCUT2D eigenvalue weighted by atomic mass is 16.5. The maximum Gasteiger partial charge on any atom is 0.227 e. The van der Waals surface area contributed by atoms with Crippen LogP contribution in [0.15, 0.2) is 30.3 Å². The van der Waals surface area contributed by atoms with E-state index in [9.17, 15) is 4.79 Å². The van der Waals surface area contributed by atoms with Gasteiger partial charge in [-0.25, -0.2) is 0 Å². The highest BCUT2D eigenvalue weighted by Gasteiger charge is 2.38. The molecule has 1 aliphatic rings. The van der Waals surface area contributed by atoms with Crippen molar-refractivity contribution in [2.24, 2.45) is 11.1 Å². The summed E-state index contributed by atoms with van der Waals surface area (Å²) in [7, 11) is 2.07. The first-order chi connectivity index (χ1) is 10.7. The van der Waals surface area contributed by atoms with Crippen molar-refractivity contribution in [3.8, 4) is 0 Å². The number of para-hydroxylation sites is 1. The fourth-order valence-electron chi connectivity index (χ4n) is 2.80. The second-order valence-electron chi connectivity index (χ2n) is 5.96. The van der Waals surface area contributed by atoms with Gasteiger partial charge in [-0.3, -0.25) is 4.79 Å². The highest BCUT2D eigenvalue weighted by molar-refractivity contribution is 5.83. The molecule has 1 saturated heterocycles. The van der Waals surface area contributed by atoms with E-state index >= 15 is 0 Å². The lowest BCUT2D eigenvalue weighted by molar-refractivity contribution is -0.135. The van der Waals surface area contributed by atoms with E-state index in [1.807, 2.05) is 18.2 Å². The highest BCUT2D eigenvalue weighted by Crippen LogP contribution is 2.29. The first-order valence-electron chi connectivity index (χ1n) is 8.00. The molecule has 0 atom stereocenters. The smallest absolute Gasteiger partial charge is 0.227 e. The van der Waals surface area contributed by atoms with Gasteiger partial charge in [0.05, 0.1) is 5.41 Å². The lowest BCUT2D eigenvalue weighted by atomic mass is 9.79.